The summed E-state index contributed by atoms with van der Waals surface area (Å²) in [7, 11) is 1.84. The molecule has 1 aromatic heterocycles. The van der Waals surface area contributed by atoms with Crippen molar-refractivity contribution in [3.05, 3.63) is 29.1 Å². The minimum absolute atomic E-state index is 0.177. The summed E-state index contributed by atoms with van der Waals surface area (Å²) in [6.07, 6.45) is 1.59. The Morgan fingerprint density at radius 1 is 1.47 bits per heavy atom. The van der Waals surface area contributed by atoms with E-state index in [4.69, 9.17) is 4.74 Å². The highest BCUT2D eigenvalue weighted by Gasteiger charge is 2.21. The van der Waals surface area contributed by atoms with Crippen molar-refractivity contribution in [1.82, 2.24) is 9.88 Å². The van der Waals surface area contributed by atoms with Crippen molar-refractivity contribution in [2.75, 3.05) is 20.3 Å². The van der Waals surface area contributed by atoms with Crippen LogP contribution >= 0.6 is 0 Å². The Bertz CT molecular complexity index is 433. The van der Waals surface area contributed by atoms with Gasteiger partial charge in [0.1, 0.15) is 0 Å². The largest absolute Gasteiger partial charge is 0.381 e. The maximum Gasteiger partial charge on any atom is 0.223 e. The minimum atomic E-state index is 0.177. The number of aryl methyl sites for hydroxylation is 2. The minimum Gasteiger partial charge on any atom is -0.381 e. The number of pyridine rings is 1. The second kappa shape index (κ2) is 6.15. The first kappa shape index (κ1) is 14.0. The maximum absolute atomic E-state index is 12.1. The molecule has 1 aliphatic heterocycles. The first-order chi connectivity index (χ1) is 9.04. The van der Waals surface area contributed by atoms with Crippen LogP contribution in [0.15, 0.2) is 12.1 Å². The number of amides is 1. The highest BCUT2D eigenvalue weighted by molar-refractivity contribution is 5.76. The second-order valence-electron chi connectivity index (χ2n) is 5.46. The van der Waals surface area contributed by atoms with E-state index in [1.54, 1.807) is 4.90 Å². The van der Waals surface area contributed by atoms with Crippen LogP contribution in [-0.4, -0.2) is 36.1 Å². The lowest BCUT2D eigenvalue weighted by Gasteiger charge is -2.19. The number of carbonyl (C=O) groups excluding carboxylic acids is 1. The van der Waals surface area contributed by atoms with Crippen molar-refractivity contribution < 1.29 is 9.53 Å². The molecule has 1 amide bonds. The summed E-state index contributed by atoms with van der Waals surface area (Å²) < 4.78 is 5.30. The third kappa shape index (κ3) is 4.03. The molecule has 0 bridgehead atoms. The molecule has 4 heteroatoms. The van der Waals surface area contributed by atoms with Crippen molar-refractivity contribution in [2.45, 2.75) is 33.2 Å². The van der Waals surface area contributed by atoms with E-state index in [1.165, 1.54) is 5.56 Å². The van der Waals surface area contributed by atoms with Crippen LogP contribution in [-0.2, 0) is 16.1 Å². The topological polar surface area (TPSA) is 42.4 Å². The van der Waals surface area contributed by atoms with Gasteiger partial charge in [-0.1, -0.05) is 0 Å². The summed E-state index contributed by atoms with van der Waals surface area (Å²) in [5.41, 5.74) is 3.14. The monoisotopic (exact) mass is 262 g/mol. The third-order valence-electron chi connectivity index (χ3n) is 3.46. The van der Waals surface area contributed by atoms with E-state index in [-0.39, 0.29) is 5.91 Å². The van der Waals surface area contributed by atoms with Gasteiger partial charge in [0.25, 0.3) is 0 Å². The normalized spacial score (nSPS) is 18.6. The highest BCUT2D eigenvalue weighted by atomic mass is 16.5. The Morgan fingerprint density at radius 2 is 2.26 bits per heavy atom. The summed E-state index contributed by atoms with van der Waals surface area (Å²) >= 11 is 0. The molecule has 1 atom stereocenters. The summed E-state index contributed by atoms with van der Waals surface area (Å²) in [6, 6.07) is 4.08. The maximum atomic E-state index is 12.1. The zero-order valence-electron chi connectivity index (χ0n) is 12.0. The van der Waals surface area contributed by atoms with Gasteiger partial charge in [-0.05, 0) is 43.9 Å². The summed E-state index contributed by atoms with van der Waals surface area (Å²) in [5, 5.41) is 0. The summed E-state index contributed by atoms with van der Waals surface area (Å²) in [5.74, 6) is 0.568. The quantitative estimate of drug-likeness (QED) is 0.834. The standard InChI is InChI=1S/C15H22N2O2/c1-11-6-12(2)16-14(7-11)9-17(3)15(18)8-13-4-5-19-10-13/h6-7,13H,4-5,8-10H2,1-3H3/t13-/m1/s1. The SMILES string of the molecule is Cc1cc(C)nc(CN(C)C(=O)C[C@H]2CCOC2)c1. The van der Waals surface area contributed by atoms with Crippen molar-refractivity contribution >= 4 is 5.91 Å². The van der Waals surface area contributed by atoms with E-state index in [0.717, 1.165) is 31.0 Å². The molecule has 1 saturated heterocycles. The molecule has 1 aliphatic rings. The summed E-state index contributed by atoms with van der Waals surface area (Å²) in [6.45, 7) is 6.13. The van der Waals surface area contributed by atoms with E-state index in [0.29, 0.717) is 18.9 Å². The molecular formula is C15H22N2O2. The average Bonchev–Trinajstić information content (AvgIpc) is 2.80. The molecule has 104 valence electrons. The molecule has 0 N–H and O–H groups in total. The van der Waals surface area contributed by atoms with Crippen LogP contribution < -0.4 is 0 Å². The number of nitrogens with zero attached hydrogens (tertiary/aromatic N) is 2. The molecular weight excluding hydrogens is 240 g/mol. The van der Waals surface area contributed by atoms with Gasteiger partial charge in [-0.2, -0.15) is 0 Å². The number of hydrogen-bond acceptors (Lipinski definition) is 3. The van der Waals surface area contributed by atoms with Gasteiger partial charge in [-0.3, -0.25) is 9.78 Å². The van der Waals surface area contributed by atoms with Gasteiger partial charge in [0.05, 0.1) is 12.2 Å². The zero-order valence-corrected chi connectivity index (χ0v) is 12.0. The van der Waals surface area contributed by atoms with E-state index in [9.17, 15) is 4.79 Å². The third-order valence-corrected chi connectivity index (χ3v) is 3.46. The Kier molecular flexibility index (Phi) is 4.53. The van der Waals surface area contributed by atoms with Gasteiger partial charge in [-0.25, -0.2) is 0 Å². The van der Waals surface area contributed by atoms with Crippen LogP contribution in [0.5, 0.6) is 0 Å². The molecule has 0 unspecified atom stereocenters. The molecule has 0 spiro atoms. The number of aromatic nitrogens is 1. The van der Waals surface area contributed by atoms with Crippen molar-refractivity contribution in [2.24, 2.45) is 5.92 Å². The number of hydrogen-bond donors (Lipinski definition) is 0. The number of ether oxygens (including phenoxy) is 1. The van der Waals surface area contributed by atoms with Crippen LogP contribution in [0.4, 0.5) is 0 Å². The lowest BCUT2D eigenvalue weighted by Crippen LogP contribution is -2.28. The Labute approximate surface area is 114 Å². The lowest BCUT2D eigenvalue weighted by atomic mass is 10.0. The predicted molar refractivity (Wildman–Crippen MR) is 73.7 cm³/mol. The van der Waals surface area contributed by atoms with E-state index >= 15 is 0 Å². The molecule has 1 fully saturated rings. The summed E-state index contributed by atoms with van der Waals surface area (Å²) in [4.78, 5) is 18.3. The van der Waals surface area contributed by atoms with Crippen LogP contribution in [0.1, 0.15) is 29.8 Å². The molecule has 2 rings (SSSR count). The average molecular weight is 262 g/mol. The fourth-order valence-corrected chi connectivity index (χ4v) is 2.48. The molecule has 0 aliphatic carbocycles. The van der Waals surface area contributed by atoms with Crippen LogP contribution in [0.25, 0.3) is 0 Å². The van der Waals surface area contributed by atoms with Gasteiger partial charge in [0.15, 0.2) is 0 Å². The van der Waals surface area contributed by atoms with Crippen molar-refractivity contribution in [3.8, 4) is 0 Å². The van der Waals surface area contributed by atoms with Gasteiger partial charge < -0.3 is 9.64 Å². The Balaban J connectivity index is 1.91. The fourth-order valence-electron chi connectivity index (χ4n) is 2.48. The molecule has 19 heavy (non-hydrogen) atoms. The smallest absolute Gasteiger partial charge is 0.223 e. The Hall–Kier alpha value is -1.42. The lowest BCUT2D eigenvalue weighted by molar-refractivity contribution is -0.131. The number of carbonyl (C=O) groups is 1. The predicted octanol–water partition coefficient (Wildman–Crippen LogP) is 2.08. The van der Waals surface area contributed by atoms with E-state index in [1.807, 2.05) is 26.1 Å². The van der Waals surface area contributed by atoms with E-state index in [2.05, 4.69) is 11.9 Å². The van der Waals surface area contributed by atoms with Gasteiger partial charge in [0, 0.05) is 32.4 Å². The highest BCUT2D eigenvalue weighted by Crippen LogP contribution is 2.17. The molecule has 0 aromatic carbocycles. The van der Waals surface area contributed by atoms with Crippen LogP contribution in [0.2, 0.25) is 0 Å². The molecule has 4 nitrogen and oxygen atoms in total. The van der Waals surface area contributed by atoms with Gasteiger partial charge in [0.2, 0.25) is 5.91 Å². The van der Waals surface area contributed by atoms with Crippen LogP contribution in [0.3, 0.4) is 0 Å². The first-order valence-electron chi connectivity index (χ1n) is 6.80. The molecule has 0 saturated carbocycles. The van der Waals surface area contributed by atoms with E-state index < -0.39 is 0 Å². The van der Waals surface area contributed by atoms with Crippen molar-refractivity contribution in [1.29, 1.82) is 0 Å². The Morgan fingerprint density at radius 3 is 2.89 bits per heavy atom. The van der Waals surface area contributed by atoms with Crippen LogP contribution in [0, 0.1) is 19.8 Å². The van der Waals surface area contributed by atoms with Crippen molar-refractivity contribution in [3.63, 3.8) is 0 Å². The molecule has 0 radical (unpaired) electrons. The van der Waals surface area contributed by atoms with Gasteiger partial charge >= 0.3 is 0 Å². The van der Waals surface area contributed by atoms with Gasteiger partial charge in [-0.15, -0.1) is 0 Å². The second-order valence-corrected chi connectivity index (χ2v) is 5.46. The molecule has 1 aromatic rings. The number of rotatable bonds is 4. The zero-order chi connectivity index (χ0) is 13.8. The fraction of sp³-hybridized carbons (Fsp3) is 0.600. The molecule has 2 heterocycles. The first-order valence-corrected chi connectivity index (χ1v) is 6.80.